The van der Waals surface area contributed by atoms with Gasteiger partial charge in [-0.1, -0.05) is 32.0 Å². The van der Waals surface area contributed by atoms with Gasteiger partial charge >= 0.3 is 0 Å². The molecule has 2 aromatic carbocycles. The summed E-state index contributed by atoms with van der Waals surface area (Å²) in [5, 5.41) is 6.41. The minimum atomic E-state index is -0.219. The molecule has 1 aliphatic heterocycles. The van der Waals surface area contributed by atoms with E-state index in [1.807, 2.05) is 53.4 Å². The van der Waals surface area contributed by atoms with Crippen LogP contribution in [0.5, 0.6) is 0 Å². The zero-order valence-electron chi connectivity index (χ0n) is 18.4. The largest absolute Gasteiger partial charge is 0.361 e. The Hall–Kier alpha value is -3.67. The van der Waals surface area contributed by atoms with Crippen molar-refractivity contribution in [3.8, 4) is 0 Å². The van der Waals surface area contributed by atoms with Gasteiger partial charge in [-0.2, -0.15) is 0 Å². The first-order valence-corrected chi connectivity index (χ1v) is 11.0. The molecule has 32 heavy (non-hydrogen) atoms. The van der Waals surface area contributed by atoms with Gasteiger partial charge in [0, 0.05) is 47.9 Å². The molecule has 0 aliphatic carbocycles. The van der Waals surface area contributed by atoms with Crippen LogP contribution in [0.3, 0.4) is 0 Å². The molecule has 1 aliphatic rings. The maximum atomic E-state index is 13.0. The van der Waals surface area contributed by atoms with Gasteiger partial charge in [-0.25, -0.2) is 0 Å². The van der Waals surface area contributed by atoms with Crippen molar-refractivity contribution in [1.82, 2.24) is 15.2 Å². The lowest BCUT2D eigenvalue weighted by molar-refractivity contribution is 0.0734. The summed E-state index contributed by atoms with van der Waals surface area (Å²) in [5.74, 6) is 0.441. The summed E-state index contributed by atoms with van der Waals surface area (Å²) in [6.07, 6.45) is 4.13. The Morgan fingerprint density at radius 3 is 2.47 bits per heavy atom. The molecule has 0 saturated carbocycles. The van der Waals surface area contributed by atoms with E-state index in [9.17, 15) is 9.59 Å². The number of rotatable bonds is 8. The van der Waals surface area contributed by atoms with E-state index >= 15 is 0 Å². The molecule has 4 rings (SSSR count). The van der Waals surface area contributed by atoms with Gasteiger partial charge in [-0.05, 0) is 60.4 Å². The van der Waals surface area contributed by atoms with Crippen LogP contribution in [0, 0.1) is 5.92 Å². The van der Waals surface area contributed by atoms with Crippen molar-refractivity contribution in [2.45, 2.75) is 33.0 Å². The van der Waals surface area contributed by atoms with Crippen molar-refractivity contribution in [3.63, 3.8) is 0 Å². The molecule has 0 bridgehead atoms. The molecule has 6 nitrogen and oxygen atoms in total. The molecular formula is C26H28N4O2. The monoisotopic (exact) mass is 428 g/mol. The lowest BCUT2D eigenvalue weighted by Crippen LogP contribution is -2.33. The third-order valence-corrected chi connectivity index (χ3v) is 5.66. The van der Waals surface area contributed by atoms with E-state index in [1.165, 1.54) is 0 Å². The Labute approximate surface area is 188 Å². The van der Waals surface area contributed by atoms with Crippen LogP contribution < -0.4 is 10.6 Å². The first kappa shape index (κ1) is 21.6. The van der Waals surface area contributed by atoms with E-state index in [0.717, 1.165) is 28.8 Å². The summed E-state index contributed by atoms with van der Waals surface area (Å²) in [5.41, 5.74) is 4.18. The molecule has 1 atom stereocenters. The van der Waals surface area contributed by atoms with E-state index in [4.69, 9.17) is 0 Å². The van der Waals surface area contributed by atoms with Gasteiger partial charge in [0.05, 0.1) is 0 Å². The van der Waals surface area contributed by atoms with Crippen LogP contribution in [0.15, 0.2) is 73.1 Å². The van der Waals surface area contributed by atoms with Gasteiger partial charge in [0.25, 0.3) is 11.8 Å². The molecule has 0 fully saturated rings. The zero-order chi connectivity index (χ0) is 22.5. The maximum Gasteiger partial charge on any atom is 0.256 e. The minimum Gasteiger partial charge on any atom is -0.361 e. The van der Waals surface area contributed by atoms with E-state index in [0.29, 0.717) is 24.6 Å². The van der Waals surface area contributed by atoms with Gasteiger partial charge in [-0.3, -0.25) is 14.6 Å². The molecule has 2 amide bonds. The average molecular weight is 429 g/mol. The Bertz CT molecular complexity index is 1080. The highest BCUT2D eigenvalue weighted by atomic mass is 16.2. The quantitative estimate of drug-likeness (QED) is 0.549. The van der Waals surface area contributed by atoms with Crippen molar-refractivity contribution in [2.75, 3.05) is 11.9 Å². The third-order valence-electron chi connectivity index (χ3n) is 5.66. The number of pyridine rings is 1. The highest BCUT2D eigenvalue weighted by molar-refractivity contribution is 5.99. The number of nitrogens with zero attached hydrogens (tertiary/aromatic N) is 2. The fourth-order valence-corrected chi connectivity index (χ4v) is 3.81. The highest BCUT2D eigenvalue weighted by Crippen LogP contribution is 2.34. The van der Waals surface area contributed by atoms with Crippen LogP contribution in [0.25, 0.3) is 0 Å². The molecule has 3 aromatic rings. The molecule has 0 saturated heterocycles. The first-order valence-electron chi connectivity index (χ1n) is 11.0. The third kappa shape index (κ3) is 4.80. The summed E-state index contributed by atoms with van der Waals surface area (Å²) in [6, 6.07) is 18.9. The smallest absolute Gasteiger partial charge is 0.256 e. The number of anilines is 1. The van der Waals surface area contributed by atoms with Crippen LogP contribution in [-0.2, 0) is 6.54 Å². The number of amides is 2. The number of benzene rings is 2. The first-order chi connectivity index (χ1) is 15.5. The molecule has 1 aromatic heterocycles. The van der Waals surface area contributed by atoms with E-state index in [-0.39, 0.29) is 18.0 Å². The lowest BCUT2D eigenvalue weighted by atomic mass is 10.1. The molecule has 2 N–H and O–H groups in total. The van der Waals surface area contributed by atoms with Crippen LogP contribution in [0.1, 0.15) is 58.3 Å². The van der Waals surface area contributed by atoms with E-state index < -0.39 is 0 Å². The number of hydrogen-bond donors (Lipinski definition) is 2. The number of carbonyl (C=O) groups is 2. The fourth-order valence-electron chi connectivity index (χ4n) is 3.81. The lowest BCUT2D eigenvalue weighted by Gasteiger charge is -2.28. The van der Waals surface area contributed by atoms with Crippen molar-refractivity contribution < 1.29 is 9.59 Å². The summed E-state index contributed by atoms with van der Waals surface area (Å²) in [6.45, 7) is 5.47. The maximum absolute atomic E-state index is 13.0. The van der Waals surface area contributed by atoms with Crippen molar-refractivity contribution in [2.24, 2.45) is 5.92 Å². The second-order valence-electron chi connectivity index (χ2n) is 8.43. The summed E-state index contributed by atoms with van der Waals surface area (Å²) < 4.78 is 0. The molecule has 164 valence electrons. The average Bonchev–Trinajstić information content (AvgIpc) is 3.08. The van der Waals surface area contributed by atoms with Crippen LogP contribution >= 0.6 is 0 Å². The fraction of sp³-hybridized carbons (Fsp3) is 0.269. The molecule has 0 radical (unpaired) electrons. The number of carbonyl (C=O) groups excluding carboxylic acids is 2. The normalized spacial score (nSPS) is 15.0. The molecule has 2 heterocycles. The van der Waals surface area contributed by atoms with Gasteiger partial charge in [0.15, 0.2) is 0 Å². The molecule has 1 unspecified atom stereocenters. The number of fused-ring (bicyclic) bond motifs is 1. The zero-order valence-corrected chi connectivity index (χ0v) is 18.4. The highest BCUT2D eigenvalue weighted by Gasteiger charge is 2.36. The Balaban J connectivity index is 1.45. The van der Waals surface area contributed by atoms with Gasteiger partial charge in [0.1, 0.15) is 6.17 Å². The van der Waals surface area contributed by atoms with Gasteiger partial charge < -0.3 is 15.5 Å². The second-order valence-corrected chi connectivity index (χ2v) is 8.43. The van der Waals surface area contributed by atoms with Crippen LogP contribution in [0.4, 0.5) is 5.69 Å². The SMILES string of the molecule is CC(C)CCN1C(=O)c2ccccc2C1Nc1ccc(C(=O)NCc2ccncc2)cc1. The van der Waals surface area contributed by atoms with Crippen molar-refractivity contribution in [3.05, 3.63) is 95.3 Å². The van der Waals surface area contributed by atoms with Crippen molar-refractivity contribution >= 4 is 17.5 Å². The van der Waals surface area contributed by atoms with Gasteiger partial charge in [0.2, 0.25) is 0 Å². The number of hydrogen-bond acceptors (Lipinski definition) is 4. The van der Waals surface area contributed by atoms with Crippen LogP contribution in [-0.4, -0.2) is 28.2 Å². The van der Waals surface area contributed by atoms with E-state index in [2.05, 4.69) is 29.5 Å². The van der Waals surface area contributed by atoms with E-state index in [1.54, 1.807) is 24.5 Å². The standard InChI is InChI=1S/C26H28N4O2/c1-18(2)13-16-30-24(22-5-3-4-6-23(22)26(30)32)29-21-9-7-20(8-10-21)25(31)28-17-19-11-14-27-15-12-19/h3-12,14-15,18,24,29H,13,16-17H2,1-2H3,(H,28,31). The predicted octanol–water partition coefficient (Wildman–Crippen LogP) is 4.62. The summed E-state index contributed by atoms with van der Waals surface area (Å²) >= 11 is 0. The Kier molecular flexibility index (Phi) is 6.50. The topological polar surface area (TPSA) is 74.3 Å². The predicted molar refractivity (Wildman–Crippen MR) is 125 cm³/mol. The Morgan fingerprint density at radius 1 is 1.03 bits per heavy atom. The van der Waals surface area contributed by atoms with Gasteiger partial charge in [-0.15, -0.1) is 0 Å². The summed E-state index contributed by atoms with van der Waals surface area (Å²) in [7, 11) is 0. The second kappa shape index (κ2) is 9.64. The Morgan fingerprint density at radius 2 is 1.75 bits per heavy atom. The molecule has 6 heteroatoms. The van der Waals surface area contributed by atoms with Crippen molar-refractivity contribution in [1.29, 1.82) is 0 Å². The molecule has 0 spiro atoms. The summed E-state index contributed by atoms with van der Waals surface area (Å²) in [4.78, 5) is 31.3. The minimum absolute atomic E-state index is 0.0610. The number of aromatic nitrogens is 1. The molecular weight excluding hydrogens is 400 g/mol. The number of nitrogens with one attached hydrogen (secondary N) is 2. The van der Waals surface area contributed by atoms with Crippen LogP contribution in [0.2, 0.25) is 0 Å².